The van der Waals surface area contributed by atoms with Gasteiger partial charge in [0.1, 0.15) is 5.75 Å². The van der Waals surface area contributed by atoms with Crippen LogP contribution >= 0.6 is 15.9 Å². The minimum absolute atomic E-state index is 0.137. The predicted octanol–water partition coefficient (Wildman–Crippen LogP) is 4.89. The summed E-state index contributed by atoms with van der Waals surface area (Å²) in [6.07, 6.45) is -5.27. The minimum atomic E-state index is -4.25. The Hall–Kier alpha value is -1.04. The van der Waals surface area contributed by atoms with Gasteiger partial charge in [0, 0.05) is 5.56 Å². The van der Waals surface area contributed by atoms with Gasteiger partial charge in [-0.2, -0.15) is 13.2 Å². The third-order valence-electron chi connectivity index (χ3n) is 2.87. The molecule has 2 nitrogen and oxygen atoms in total. The fourth-order valence-electron chi connectivity index (χ4n) is 1.64. The highest BCUT2D eigenvalue weighted by atomic mass is 79.9. The van der Waals surface area contributed by atoms with Crippen molar-refractivity contribution in [2.75, 3.05) is 11.9 Å². The van der Waals surface area contributed by atoms with Crippen LogP contribution in [0.4, 0.5) is 13.2 Å². The summed E-state index contributed by atoms with van der Waals surface area (Å²) in [4.78, 5) is 11.8. The summed E-state index contributed by atoms with van der Waals surface area (Å²) in [5.41, 5.74) is 1.04. The molecule has 1 aromatic rings. The molecule has 0 saturated carbocycles. The van der Waals surface area contributed by atoms with Gasteiger partial charge in [-0.25, -0.2) is 0 Å². The Morgan fingerprint density at radius 3 is 2.29 bits per heavy atom. The molecule has 0 aliphatic rings. The third-order valence-corrected chi connectivity index (χ3v) is 3.38. The molecule has 0 aliphatic carbocycles. The van der Waals surface area contributed by atoms with Crippen molar-refractivity contribution in [1.82, 2.24) is 0 Å². The van der Waals surface area contributed by atoms with E-state index in [9.17, 15) is 18.0 Å². The van der Waals surface area contributed by atoms with Gasteiger partial charge in [0.15, 0.2) is 5.78 Å². The molecular formula is C15H18BrF3O2. The smallest absolute Gasteiger partial charge is 0.392 e. The lowest BCUT2D eigenvalue weighted by atomic mass is 9.85. The number of ketones is 1. The zero-order chi connectivity index (χ0) is 16.3. The molecule has 0 fully saturated rings. The van der Waals surface area contributed by atoms with Crippen molar-refractivity contribution in [2.45, 2.75) is 38.8 Å². The van der Waals surface area contributed by atoms with Crippen LogP contribution in [0.3, 0.4) is 0 Å². The van der Waals surface area contributed by atoms with Crippen LogP contribution in [0.5, 0.6) is 5.75 Å². The maximum absolute atomic E-state index is 12.1. The first-order chi connectivity index (χ1) is 9.53. The SMILES string of the molecule is CC(C)(C)c1cc(OCCC(F)(F)F)cc(C(=O)CBr)c1. The van der Waals surface area contributed by atoms with Gasteiger partial charge >= 0.3 is 6.18 Å². The van der Waals surface area contributed by atoms with Crippen LogP contribution in [0.2, 0.25) is 0 Å². The average Bonchev–Trinajstić information content (AvgIpc) is 2.35. The molecule has 0 bridgehead atoms. The van der Waals surface area contributed by atoms with Gasteiger partial charge in [-0.05, 0) is 29.2 Å². The van der Waals surface area contributed by atoms with E-state index in [0.29, 0.717) is 5.56 Å². The molecule has 0 heterocycles. The van der Waals surface area contributed by atoms with E-state index in [-0.39, 0.29) is 22.3 Å². The molecule has 0 saturated heterocycles. The van der Waals surface area contributed by atoms with Gasteiger partial charge < -0.3 is 4.74 Å². The van der Waals surface area contributed by atoms with Crippen LogP contribution in [0.1, 0.15) is 43.1 Å². The second kappa shape index (κ2) is 6.81. The van der Waals surface area contributed by atoms with Gasteiger partial charge in [-0.1, -0.05) is 36.7 Å². The number of carbonyl (C=O) groups is 1. The number of hydrogen-bond acceptors (Lipinski definition) is 2. The fraction of sp³-hybridized carbons (Fsp3) is 0.533. The maximum atomic E-state index is 12.1. The molecule has 0 aliphatic heterocycles. The van der Waals surface area contributed by atoms with E-state index in [1.165, 1.54) is 6.07 Å². The summed E-state index contributed by atoms with van der Waals surface area (Å²) in [7, 11) is 0. The lowest BCUT2D eigenvalue weighted by molar-refractivity contribution is -0.139. The normalized spacial score (nSPS) is 12.3. The van der Waals surface area contributed by atoms with Gasteiger partial charge in [0.25, 0.3) is 0 Å². The van der Waals surface area contributed by atoms with E-state index in [2.05, 4.69) is 15.9 Å². The standard InChI is InChI=1S/C15H18BrF3O2/c1-14(2,3)11-6-10(13(20)9-16)7-12(8-11)21-5-4-15(17,18)19/h6-8H,4-5,9H2,1-3H3. The monoisotopic (exact) mass is 366 g/mol. The van der Waals surface area contributed by atoms with Gasteiger partial charge in [-0.15, -0.1) is 0 Å². The van der Waals surface area contributed by atoms with Crippen molar-refractivity contribution in [3.8, 4) is 5.75 Å². The molecule has 0 N–H and O–H groups in total. The molecule has 0 amide bonds. The quantitative estimate of drug-likeness (QED) is 0.547. The summed E-state index contributed by atoms with van der Waals surface area (Å²) in [6, 6.07) is 4.91. The number of benzene rings is 1. The van der Waals surface area contributed by atoms with Crippen molar-refractivity contribution in [1.29, 1.82) is 0 Å². The van der Waals surface area contributed by atoms with Gasteiger partial charge in [0.2, 0.25) is 0 Å². The Bertz CT molecular complexity index is 505. The Morgan fingerprint density at radius 2 is 1.81 bits per heavy atom. The number of alkyl halides is 4. The number of rotatable bonds is 5. The molecule has 118 valence electrons. The highest BCUT2D eigenvalue weighted by Crippen LogP contribution is 2.29. The highest BCUT2D eigenvalue weighted by Gasteiger charge is 2.27. The lowest BCUT2D eigenvalue weighted by Gasteiger charge is -2.21. The number of Topliss-reactive ketones (excluding diaryl/α,β-unsaturated/α-hetero) is 1. The van der Waals surface area contributed by atoms with E-state index in [0.717, 1.165) is 5.56 Å². The van der Waals surface area contributed by atoms with E-state index in [1.54, 1.807) is 12.1 Å². The molecule has 0 aromatic heterocycles. The first-order valence-electron chi connectivity index (χ1n) is 6.47. The molecule has 0 spiro atoms. The zero-order valence-corrected chi connectivity index (χ0v) is 13.8. The van der Waals surface area contributed by atoms with Crippen LogP contribution in [0, 0.1) is 0 Å². The van der Waals surface area contributed by atoms with E-state index < -0.39 is 19.2 Å². The third kappa shape index (κ3) is 6.08. The lowest BCUT2D eigenvalue weighted by Crippen LogP contribution is -2.15. The van der Waals surface area contributed by atoms with E-state index >= 15 is 0 Å². The summed E-state index contributed by atoms with van der Waals surface area (Å²) in [6.45, 7) is 5.43. The van der Waals surface area contributed by atoms with Crippen LogP contribution in [-0.4, -0.2) is 23.9 Å². The van der Waals surface area contributed by atoms with Crippen molar-refractivity contribution in [2.24, 2.45) is 0 Å². The molecule has 0 radical (unpaired) electrons. The summed E-state index contributed by atoms with van der Waals surface area (Å²) < 4.78 is 41.6. The van der Waals surface area contributed by atoms with Crippen molar-refractivity contribution >= 4 is 21.7 Å². The van der Waals surface area contributed by atoms with Crippen LogP contribution in [-0.2, 0) is 5.41 Å². The first kappa shape index (κ1) is 18.0. The van der Waals surface area contributed by atoms with Crippen LogP contribution in [0.15, 0.2) is 18.2 Å². The summed E-state index contributed by atoms with van der Waals surface area (Å²) in [5, 5.41) is 0.155. The highest BCUT2D eigenvalue weighted by molar-refractivity contribution is 9.09. The second-order valence-corrected chi connectivity index (χ2v) is 6.33. The molecule has 1 rings (SSSR count). The van der Waals surface area contributed by atoms with Crippen molar-refractivity contribution in [3.63, 3.8) is 0 Å². The second-order valence-electron chi connectivity index (χ2n) is 5.77. The summed E-state index contributed by atoms with van der Waals surface area (Å²) >= 11 is 3.09. The van der Waals surface area contributed by atoms with E-state index in [4.69, 9.17) is 4.74 Å². The topological polar surface area (TPSA) is 26.3 Å². The Labute approximate surface area is 130 Å². The number of carbonyl (C=O) groups excluding carboxylic acids is 1. The van der Waals surface area contributed by atoms with Gasteiger partial charge in [0.05, 0.1) is 18.4 Å². The Balaban J connectivity index is 3.00. The summed E-state index contributed by atoms with van der Waals surface area (Å²) in [5.74, 6) is 0.151. The number of hydrogen-bond donors (Lipinski definition) is 0. The largest absolute Gasteiger partial charge is 0.493 e. The molecule has 1 aromatic carbocycles. The van der Waals surface area contributed by atoms with Crippen LogP contribution < -0.4 is 4.74 Å². The molecule has 0 atom stereocenters. The van der Waals surface area contributed by atoms with Crippen molar-refractivity contribution < 1.29 is 22.7 Å². The molecular weight excluding hydrogens is 349 g/mol. The minimum Gasteiger partial charge on any atom is -0.493 e. The molecule has 0 unspecified atom stereocenters. The Morgan fingerprint density at radius 1 is 1.19 bits per heavy atom. The number of ether oxygens (including phenoxy) is 1. The molecule has 6 heteroatoms. The molecule has 21 heavy (non-hydrogen) atoms. The average molecular weight is 367 g/mol. The first-order valence-corrected chi connectivity index (χ1v) is 7.59. The number of halogens is 4. The maximum Gasteiger partial charge on any atom is 0.392 e. The van der Waals surface area contributed by atoms with Crippen molar-refractivity contribution in [3.05, 3.63) is 29.3 Å². The Kier molecular flexibility index (Phi) is 5.84. The fourth-order valence-corrected chi connectivity index (χ4v) is 1.96. The van der Waals surface area contributed by atoms with E-state index in [1.807, 2.05) is 20.8 Å². The van der Waals surface area contributed by atoms with Gasteiger partial charge in [-0.3, -0.25) is 4.79 Å². The van der Waals surface area contributed by atoms with Crippen LogP contribution in [0.25, 0.3) is 0 Å². The zero-order valence-electron chi connectivity index (χ0n) is 12.2. The predicted molar refractivity (Wildman–Crippen MR) is 79.4 cm³/mol.